The lowest BCUT2D eigenvalue weighted by Gasteiger charge is -2.14. The molecule has 0 fully saturated rings. The van der Waals surface area contributed by atoms with E-state index in [-0.39, 0.29) is 10.8 Å². The van der Waals surface area contributed by atoms with E-state index in [2.05, 4.69) is 15.6 Å². The van der Waals surface area contributed by atoms with Gasteiger partial charge in [-0.25, -0.2) is 9.38 Å². The largest absolute Gasteiger partial charge is 0.339 e. The Morgan fingerprint density at radius 3 is 2.19 bits per heavy atom. The maximum absolute atomic E-state index is 13.9. The number of nitrogens with zero attached hydrogens (tertiary/aromatic N) is 1. The fraction of sp³-hybridized carbons (Fsp3) is 0.0476. The zero-order valence-corrected chi connectivity index (χ0v) is 15.9. The fourth-order valence-corrected chi connectivity index (χ4v) is 2.89. The van der Waals surface area contributed by atoms with Crippen LogP contribution in [0.15, 0.2) is 83.9 Å². The SMILES string of the molecule is Fc1ccccc1NC(=S)/N=C(/Nc1ccccc1CCl)c1ccccc1. The third kappa shape index (κ3) is 5.12. The maximum Gasteiger partial charge on any atom is 0.199 e. The van der Waals surface area contributed by atoms with Crippen LogP contribution < -0.4 is 10.6 Å². The number of thiocarbonyl (C=S) groups is 1. The number of rotatable bonds is 4. The summed E-state index contributed by atoms with van der Waals surface area (Å²) in [5.74, 6) is 0.516. The van der Waals surface area contributed by atoms with Gasteiger partial charge in [-0.05, 0) is 36.0 Å². The first-order valence-electron chi connectivity index (χ1n) is 8.28. The summed E-state index contributed by atoms with van der Waals surface area (Å²) in [6.45, 7) is 0. The van der Waals surface area contributed by atoms with Crippen LogP contribution in [0.3, 0.4) is 0 Å². The molecule has 136 valence electrons. The van der Waals surface area contributed by atoms with E-state index in [1.807, 2.05) is 54.6 Å². The molecule has 0 atom stereocenters. The lowest BCUT2D eigenvalue weighted by atomic mass is 10.1. The van der Waals surface area contributed by atoms with E-state index in [4.69, 9.17) is 23.8 Å². The summed E-state index contributed by atoms with van der Waals surface area (Å²) in [4.78, 5) is 4.47. The molecule has 0 saturated carbocycles. The second-order valence-corrected chi connectivity index (χ2v) is 6.31. The topological polar surface area (TPSA) is 36.4 Å². The molecular formula is C21H17ClFN3S. The summed E-state index contributed by atoms with van der Waals surface area (Å²) in [6.07, 6.45) is 0. The third-order valence-corrected chi connectivity index (χ3v) is 4.27. The lowest BCUT2D eigenvalue weighted by Crippen LogP contribution is -2.19. The summed E-state index contributed by atoms with van der Waals surface area (Å²) >= 11 is 11.4. The molecule has 0 aliphatic carbocycles. The van der Waals surface area contributed by atoms with Gasteiger partial charge in [-0.2, -0.15) is 0 Å². The van der Waals surface area contributed by atoms with Crippen molar-refractivity contribution < 1.29 is 4.39 Å². The molecule has 0 unspecified atom stereocenters. The Balaban J connectivity index is 1.91. The van der Waals surface area contributed by atoms with Crippen LogP contribution in [0.1, 0.15) is 11.1 Å². The van der Waals surface area contributed by atoms with Gasteiger partial charge in [-0.1, -0.05) is 60.7 Å². The lowest BCUT2D eigenvalue weighted by molar-refractivity contribution is 0.632. The molecule has 0 heterocycles. The van der Waals surface area contributed by atoms with Crippen molar-refractivity contribution in [2.45, 2.75) is 5.88 Å². The molecule has 6 heteroatoms. The van der Waals surface area contributed by atoms with Gasteiger partial charge in [-0.15, -0.1) is 11.6 Å². The van der Waals surface area contributed by atoms with Gasteiger partial charge in [0, 0.05) is 17.1 Å². The Hall–Kier alpha value is -2.76. The Labute approximate surface area is 167 Å². The van der Waals surface area contributed by atoms with Crippen molar-refractivity contribution in [3.63, 3.8) is 0 Å². The van der Waals surface area contributed by atoms with E-state index in [9.17, 15) is 4.39 Å². The van der Waals surface area contributed by atoms with Crippen molar-refractivity contribution in [3.05, 3.63) is 95.8 Å². The van der Waals surface area contributed by atoms with Gasteiger partial charge in [0.15, 0.2) is 5.11 Å². The van der Waals surface area contributed by atoms with E-state index >= 15 is 0 Å². The Morgan fingerprint density at radius 2 is 1.48 bits per heavy atom. The van der Waals surface area contributed by atoms with Crippen molar-refractivity contribution in [2.75, 3.05) is 10.6 Å². The molecule has 0 radical (unpaired) electrons. The Bertz CT molecular complexity index is 960. The number of alkyl halides is 1. The van der Waals surface area contributed by atoms with Gasteiger partial charge < -0.3 is 10.6 Å². The van der Waals surface area contributed by atoms with Crippen molar-refractivity contribution in [1.29, 1.82) is 0 Å². The molecule has 0 aliphatic heterocycles. The first kappa shape index (κ1) is 19.0. The molecule has 3 rings (SSSR count). The number of hydrogen-bond donors (Lipinski definition) is 2. The second-order valence-electron chi connectivity index (χ2n) is 5.65. The minimum atomic E-state index is -0.392. The molecule has 2 N–H and O–H groups in total. The number of para-hydroxylation sites is 2. The van der Waals surface area contributed by atoms with Gasteiger partial charge in [-0.3, -0.25) is 0 Å². The van der Waals surface area contributed by atoms with Gasteiger partial charge in [0.1, 0.15) is 11.7 Å². The minimum absolute atomic E-state index is 0.148. The molecule has 0 saturated heterocycles. The van der Waals surface area contributed by atoms with E-state index in [0.717, 1.165) is 16.8 Å². The zero-order chi connectivity index (χ0) is 19.1. The van der Waals surface area contributed by atoms with Crippen LogP contribution in [0.2, 0.25) is 0 Å². The third-order valence-electron chi connectivity index (χ3n) is 3.79. The average Bonchev–Trinajstić information content (AvgIpc) is 2.70. The summed E-state index contributed by atoms with van der Waals surface area (Å²) in [5, 5.41) is 6.27. The number of nitrogens with one attached hydrogen (secondary N) is 2. The van der Waals surface area contributed by atoms with Gasteiger partial charge in [0.2, 0.25) is 0 Å². The van der Waals surface area contributed by atoms with Crippen LogP contribution in [0.4, 0.5) is 15.8 Å². The van der Waals surface area contributed by atoms with Crippen LogP contribution in [0, 0.1) is 5.82 Å². The normalized spacial score (nSPS) is 11.1. The molecule has 0 aliphatic rings. The smallest absolute Gasteiger partial charge is 0.199 e. The highest BCUT2D eigenvalue weighted by Crippen LogP contribution is 2.19. The highest BCUT2D eigenvalue weighted by Gasteiger charge is 2.09. The van der Waals surface area contributed by atoms with Crippen LogP contribution in [-0.2, 0) is 5.88 Å². The van der Waals surface area contributed by atoms with Crippen molar-refractivity contribution in [2.24, 2.45) is 4.99 Å². The number of hydrogen-bond acceptors (Lipinski definition) is 1. The Kier molecular flexibility index (Phi) is 6.52. The highest BCUT2D eigenvalue weighted by atomic mass is 35.5. The van der Waals surface area contributed by atoms with Crippen LogP contribution in [0.25, 0.3) is 0 Å². The second kappa shape index (κ2) is 9.26. The maximum atomic E-state index is 13.9. The fourth-order valence-electron chi connectivity index (χ4n) is 2.45. The molecular weight excluding hydrogens is 381 g/mol. The highest BCUT2D eigenvalue weighted by molar-refractivity contribution is 7.80. The van der Waals surface area contributed by atoms with Gasteiger partial charge in [0.25, 0.3) is 0 Å². The summed E-state index contributed by atoms with van der Waals surface area (Å²) < 4.78 is 13.9. The quantitative estimate of drug-likeness (QED) is 0.252. The average molecular weight is 398 g/mol. The van der Waals surface area contributed by atoms with E-state index < -0.39 is 5.82 Å². The van der Waals surface area contributed by atoms with Crippen molar-refractivity contribution >= 4 is 46.1 Å². The molecule has 3 aromatic carbocycles. The zero-order valence-electron chi connectivity index (χ0n) is 14.3. The molecule has 3 aromatic rings. The molecule has 0 spiro atoms. The first-order valence-corrected chi connectivity index (χ1v) is 9.22. The number of aliphatic imine (C=N–C) groups is 1. The van der Waals surface area contributed by atoms with E-state index in [0.29, 0.717) is 11.7 Å². The monoisotopic (exact) mass is 397 g/mol. The predicted octanol–water partition coefficient (Wildman–Crippen LogP) is 5.82. The number of amidine groups is 1. The summed E-state index contributed by atoms with van der Waals surface area (Å²) in [6, 6.07) is 23.6. The molecule has 0 amide bonds. The minimum Gasteiger partial charge on any atom is -0.339 e. The standard InChI is InChI=1S/C21H17ClFN3S/c22-14-16-10-4-6-12-18(16)24-20(15-8-2-1-3-9-15)26-21(27)25-19-13-7-5-11-17(19)23/h1-13H,14H2,(H2,24,25,26,27). The number of benzene rings is 3. The molecule has 0 aromatic heterocycles. The number of halogens is 2. The van der Waals surface area contributed by atoms with Crippen molar-refractivity contribution in [1.82, 2.24) is 0 Å². The predicted molar refractivity (Wildman–Crippen MR) is 115 cm³/mol. The van der Waals surface area contributed by atoms with Crippen LogP contribution in [0.5, 0.6) is 0 Å². The molecule has 0 bridgehead atoms. The van der Waals surface area contributed by atoms with E-state index in [1.54, 1.807) is 18.2 Å². The summed E-state index contributed by atoms with van der Waals surface area (Å²) in [5.41, 5.74) is 2.90. The molecule has 3 nitrogen and oxygen atoms in total. The van der Waals surface area contributed by atoms with E-state index in [1.165, 1.54) is 6.07 Å². The van der Waals surface area contributed by atoms with Gasteiger partial charge in [0.05, 0.1) is 5.69 Å². The molecule has 27 heavy (non-hydrogen) atoms. The first-order chi connectivity index (χ1) is 13.2. The van der Waals surface area contributed by atoms with Crippen LogP contribution in [-0.4, -0.2) is 10.9 Å². The van der Waals surface area contributed by atoms with Crippen LogP contribution >= 0.6 is 23.8 Å². The Morgan fingerprint density at radius 1 is 0.852 bits per heavy atom. The van der Waals surface area contributed by atoms with Crippen molar-refractivity contribution in [3.8, 4) is 0 Å². The van der Waals surface area contributed by atoms with Gasteiger partial charge >= 0.3 is 0 Å². The summed E-state index contributed by atoms with van der Waals surface area (Å²) in [7, 11) is 0. The number of anilines is 2.